The van der Waals surface area contributed by atoms with Crippen LogP contribution in [0, 0.1) is 0 Å². The second-order valence-corrected chi connectivity index (χ2v) is 5.29. The van der Waals surface area contributed by atoms with Crippen molar-refractivity contribution in [3.63, 3.8) is 0 Å². The van der Waals surface area contributed by atoms with Crippen LogP contribution in [-0.4, -0.2) is 31.1 Å². The molecule has 3 nitrogen and oxygen atoms in total. The molecule has 0 saturated heterocycles. The molecule has 20 heavy (non-hydrogen) atoms. The zero-order chi connectivity index (χ0) is 15.0. The van der Waals surface area contributed by atoms with Gasteiger partial charge in [0, 0.05) is 11.6 Å². The van der Waals surface area contributed by atoms with Crippen molar-refractivity contribution < 1.29 is 4.74 Å². The lowest BCUT2D eigenvalue weighted by Crippen LogP contribution is -2.41. The van der Waals surface area contributed by atoms with Crippen molar-refractivity contribution in [3.8, 4) is 5.75 Å². The van der Waals surface area contributed by atoms with E-state index in [1.54, 1.807) is 7.11 Å². The predicted octanol–water partition coefficient (Wildman–Crippen LogP) is 3.60. The maximum Gasteiger partial charge on any atom is 0.123 e. The number of methoxy groups -OCH3 is 1. The van der Waals surface area contributed by atoms with Crippen molar-refractivity contribution in [1.82, 2.24) is 4.90 Å². The van der Waals surface area contributed by atoms with Gasteiger partial charge in [-0.3, -0.25) is 4.90 Å². The summed E-state index contributed by atoms with van der Waals surface area (Å²) >= 11 is 0. The van der Waals surface area contributed by atoms with Crippen LogP contribution in [0.2, 0.25) is 0 Å². The fourth-order valence-corrected chi connectivity index (χ4v) is 2.80. The van der Waals surface area contributed by atoms with E-state index in [0.29, 0.717) is 0 Å². The number of hydrogen-bond acceptors (Lipinski definition) is 3. The normalized spacial score (nSPS) is 14.3. The first-order valence-corrected chi connectivity index (χ1v) is 7.82. The van der Waals surface area contributed by atoms with E-state index in [4.69, 9.17) is 10.5 Å². The third-order valence-electron chi connectivity index (χ3n) is 3.75. The molecule has 114 valence electrons. The maximum absolute atomic E-state index is 6.44. The van der Waals surface area contributed by atoms with Gasteiger partial charge in [-0.25, -0.2) is 0 Å². The first-order valence-electron chi connectivity index (χ1n) is 7.82. The summed E-state index contributed by atoms with van der Waals surface area (Å²) < 4.78 is 5.55. The number of nitrogens with two attached hydrogens (primary N) is 1. The standard InChI is InChI=1S/C17H30N2O/c1-5-12-19(13-6-2)17(15(18)7-3)14-10-8-9-11-16(14)20-4/h8-11,15,17H,5-7,12-13,18H2,1-4H3. The van der Waals surface area contributed by atoms with Crippen LogP contribution in [0.5, 0.6) is 5.75 Å². The third kappa shape index (κ3) is 4.22. The Kier molecular flexibility index (Phi) is 7.63. The quantitative estimate of drug-likeness (QED) is 0.750. The second kappa shape index (κ2) is 8.98. The van der Waals surface area contributed by atoms with Gasteiger partial charge in [0.15, 0.2) is 0 Å². The molecule has 0 aliphatic heterocycles. The first-order chi connectivity index (χ1) is 9.69. The van der Waals surface area contributed by atoms with E-state index in [1.165, 1.54) is 5.56 Å². The summed E-state index contributed by atoms with van der Waals surface area (Å²) in [6.07, 6.45) is 3.25. The van der Waals surface area contributed by atoms with Crippen LogP contribution in [0.3, 0.4) is 0 Å². The Hall–Kier alpha value is -1.06. The Labute approximate surface area is 124 Å². The van der Waals surface area contributed by atoms with Gasteiger partial charge in [-0.15, -0.1) is 0 Å². The monoisotopic (exact) mass is 278 g/mol. The van der Waals surface area contributed by atoms with E-state index in [1.807, 2.05) is 12.1 Å². The summed E-state index contributed by atoms with van der Waals surface area (Å²) in [4.78, 5) is 2.51. The highest BCUT2D eigenvalue weighted by Gasteiger charge is 2.27. The summed E-state index contributed by atoms with van der Waals surface area (Å²) in [7, 11) is 1.73. The zero-order valence-electron chi connectivity index (χ0n) is 13.4. The Morgan fingerprint density at radius 2 is 1.70 bits per heavy atom. The van der Waals surface area contributed by atoms with Crippen LogP contribution in [0.25, 0.3) is 0 Å². The van der Waals surface area contributed by atoms with Crippen molar-refractivity contribution in [1.29, 1.82) is 0 Å². The maximum atomic E-state index is 6.44. The molecule has 0 aliphatic carbocycles. The smallest absolute Gasteiger partial charge is 0.123 e. The van der Waals surface area contributed by atoms with E-state index in [9.17, 15) is 0 Å². The molecule has 0 spiro atoms. The molecule has 0 radical (unpaired) electrons. The van der Waals surface area contributed by atoms with E-state index in [2.05, 4.69) is 37.8 Å². The highest BCUT2D eigenvalue weighted by molar-refractivity contribution is 5.36. The van der Waals surface area contributed by atoms with Gasteiger partial charge >= 0.3 is 0 Å². The number of rotatable bonds is 9. The van der Waals surface area contributed by atoms with Crippen molar-refractivity contribution in [2.24, 2.45) is 5.73 Å². The van der Waals surface area contributed by atoms with Crippen molar-refractivity contribution in [3.05, 3.63) is 29.8 Å². The van der Waals surface area contributed by atoms with Crippen molar-refractivity contribution in [2.75, 3.05) is 20.2 Å². The SMILES string of the molecule is CCCN(CCC)C(c1ccccc1OC)C(N)CC. The van der Waals surface area contributed by atoms with Gasteiger partial charge in [0.05, 0.1) is 13.2 Å². The fourth-order valence-electron chi connectivity index (χ4n) is 2.80. The van der Waals surface area contributed by atoms with E-state index in [0.717, 1.165) is 38.1 Å². The number of hydrogen-bond donors (Lipinski definition) is 1. The van der Waals surface area contributed by atoms with Crippen LogP contribution in [0.1, 0.15) is 51.6 Å². The summed E-state index contributed by atoms with van der Waals surface area (Å²) in [6.45, 7) is 8.75. The van der Waals surface area contributed by atoms with Crippen molar-refractivity contribution >= 4 is 0 Å². The molecule has 2 N–H and O–H groups in total. The largest absolute Gasteiger partial charge is 0.496 e. The average molecular weight is 278 g/mol. The molecule has 0 fully saturated rings. The molecule has 0 heterocycles. The molecule has 1 rings (SSSR count). The lowest BCUT2D eigenvalue weighted by atomic mass is 9.95. The zero-order valence-corrected chi connectivity index (χ0v) is 13.4. The summed E-state index contributed by atoms with van der Waals surface area (Å²) in [5.74, 6) is 0.943. The average Bonchev–Trinajstić information content (AvgIpc) is 2.48. The third-order valence-corrected chi connectivity index (χ3v) is 3.75. The van der Waals surface area contributed by atoms with Crippen molar-refractivity contribution in [2.45, 2.75) is 52.1 Å². The minimum absolute atomic E-state index is 0.129. The van der Waals surface area contributed by atoms with E-state index >= 15 is 0 Å². The second-order valence-electron chi connectivity index (χ2n) is 5.29. The Bertz CT molecular complexity index is 375. The first kappa shape index (κ1) is 17.0. The number of nitrogens with zero attached hydrogens (tertiary/aromatic N) is 1. The van der Waals surface area contributed by atoms with Gasteiger partial charge in [0.1, 0.15) is 5.75 Å². The minimum atomic E-state index is 0.129. The predicted molar refractivity (Wildman–Crippen MR) is 86.2 cm³/mol. The van der Waals surface area contributed by atoms with Gasteiger partial charge in [-0.2, -0.15) is 0 Å². The summed E-state index contributed by atoms with van der Waals surface area (Å²) in [6, 6.07) is 8.63. The molecule has 2 atom stereocenters. The Morgan fingerprint density at radius 3 is 2.20 bits per heavy atom. The molecule has 0 aromatic heterocycles. The van der Waals surface area contributed by atoms with E-state index in [-0.39, 0.29) is 12.1 Å². The molecule has 0 amide bonds. The molecule has 0 aliphatic rings. The molecule has 1 aromatic rings. The molecule has 3 heteroatoms. The molecular formula is C17H30N2O. The Balaban J connectivity index is 3.15. The topological polar surface area (TPSA) is 38.5 Å². The lowest BCUT2D eigenvalue weighted by Gasteiger charge is -2.36. The van der Waals surface area contributed by atoms with Gasteiger partial charge < -0.3 is 10.5 Å². The summed E-state index contributed by atoms with van der Waals surface area (Å²) in [5, 5.41) is 0. The highest BCUT2D eigenvalue weighted by Crippen LogP contribution is 2.32. The van der Waals surface area contributed by atoms with Crippen LogP contribution in [0.15, 0.2) is 24.3 Å². The minimum Gasteiger partial charge on any atom is -0.496 e. The van der Waals surface area contributed by atoms with E-state index < -0.39 is 0 Å². The molecule has 2 unspecified atom stereocenters. The summed E-state index contributed by atoms with van der Waals surface area (Å²) in [5.41, 5.74) is 7.65. The molecule has 0 bridgehead atoms. The molecule has 0 saturated carbocycles. The highest BCUT2D eigenvalue weighted by atomic mass is 16.5. The number of benzene rings is 1. The van der Waals surface area contributed by atoms with Gasteiger partial charge in [0.25, 0.3) is 0 Å². The molecule has 1 aromatic carbocycles. The van der Waals surface area contributed by atoms with Gasteiger partial charge in [-0.1, -0.05) is 39.0 Å². The number of para-hydroxylation sites is 1. The fraction of sp³-hybridized carbons (Fsp3) is 0.647. The van der Waals surface area contributed by atoms with Crippen LogP contribution < -0.4 is 10.5 Å². The molecular weight excluding hydrogens is 248 g/mol. The van der Waals surface area contributed by atoms with Crippen LogP contribution in [-0.2, 0) is 0 Å². The Morgan fingerprint density at radius 1 is 1.10 bits per heavy atom. The van der Waals surface area contributed by atoms with Crippen LogP contribution in [0.4, 0.5) is 0 Å². The lowest BCUT2D eigenvalue weighted by molar-refractivity contribution is 0.166. The van der Waals surface area contributed by atoms with Crippen LogP contribution >= 0.6 is 0 Å². The van der Waals surface area contributed by atoms with Gasteiger partial charge in [0.2, 0.25) is 0 Å². The van der Waals surface area contributed by atoms with Gasteiger partial charge in [-0.05, 0) is 38.4 Å². The number of ether oxygens (including phenoxy) is 1.